The number of rotatable bonds is 1. The van der Waals surface area contributed by atoms with E-state index in [2.05, 4.69) is 6.07 Å². The standard InChI is InChI=1S/C15H16FNO2/c16-12-2-3-13-11(8-12)4-6-15(13,18)14(9-17)5-1-7-19-10-14/h2-3,8,18H,1,4-7,10H2. The van der Waals surface area contributed by atoms with Crippen LogP contribution in [-0.4, -0.2) is 18.3 Å². The Morgan fingerprint density at radius 3 is 2.89 bits per heavy atom. The summed E-state index contributed by atoms with van der Waals surface area (Å²) < 4.78 is 18.7. The summed E-state index contributed by atoms with van der Waals surface area (Å²) in [5.74, 6) is -0.297. The lowest BCUT2D eigenvalue weighted by Gasteiger charge is -2.43. The van der Waals surface area contributed by atoms with E-state index in [0.29, 0.717) is 31.4 Å². The van der Waals surface area contributed by atoms with Crippen molar-refractivity contribution in [1.29, 1.82) is 5.26 Å². The van der Waals surface area contributed by atoms with E-state index in [-0.39, 0.29) is 12.4 Å². The van der Waals surface area contributed by atoms with Crippen LogP contribution in [0.15, 0.2) is 18.2 Å². The van der Waals surface area contributed by atoms with Crippen LogP contribution in [-0.2, 0) is 16.8 Å². The highest BCUT2D eigenvalue weighted by Crippen LogP contribution is 2.52. The van der Waals surface area contributed by atoms with Crippen molar-refractivity contribution in [3.63, 3.8) is 0 Å². The summed E-state index contributed by atoms with van der Waals surface area (Å²) in [5, 5.41) is 20.7. The zero-order valence-corrected chi connectivity index (χ0v) is 10.7. The summed E-state index contributed by atoms with van der Waals surface area (Å²) >= 11 is 0. The number of fused-ring (bicyclic) bond motifs is 1. The monoisotopic (exact) mass is 261 g/mol. The fourth-order valence-corrected chi connectivity index (χ4v) is 3.42. The first-order valence-electron chi connectivity index (χ1n) is 6.62. The van der Waals surface area contributed by atoms with Gasteiger partial charge in [0.1, 0.15) is 16.8 Å². The molecule has 0 radical (unpaired) electrons. The highest BCUT2D eigenvalue weighted by atomic mass is 19.1. The topological polar surface area (TPSA) is 53.2 Å². The quantitative estimate of drug-likeness (QED) is 0.843. The third kappa shape index (κ3) is 1.69. The average molecular weight is 261 g/mol. The number of halogens is 1. The van der Waals surface area contributed by atoms with E-state index < -0.39 is 11.0 Å². The van der Waals surface area contributed by atoms with Crippen molar-refractivity contribution in [3.05, 3.63) is 35.1 Å². The number of aliphatic hydroxyl groups is 1. The Labute approximate surface area is 111 Å². The highest BCUT2D eigenvalue weighted by molar-refractivity contribution is 5.41. The van der Waals surface area contributed by atoms with Crippen LogP contribution in [0, 0.1) is 22.6 Å². The molecule has 100 valence electrons. The molecule has 1 aromatic carbocycles. The molecule has 3 rings (SSSR count). The fraction of sp³-hybridized carbons (Fsp3) is 0.533. The molecule has 4 heteroatoms. The molecule has 3 nitrogen and oxygen atoms in total. The van der Waals surface area contributed by atoms with E-state index in [1.165, 1.54) is 12.1 Å². The minimum absolute atomic E-state index is 0.247. The van der Waals surface area contributed by atoms with Crippen molar-refractivity contribution in [2.24, 2.45) is 5.41 Å². The van der Waals surface area contributed by atoms with Crippen LogP contribution in [0.1, 0.15) is 30.4 Å². The summed E-state index contributed by atoms with van der Waals surface area (Å²) in [7, 11) is 0. The smallest absolute Gasteiger partial charge is 0.123 e. The van der Waals surface area contributed by atoms with Gasteiger partial charge in [0.15, 0.2) is 0 Å². The van der Waals surface area contributed by atoms with Gasteiger partial charge in [-0.25, -0.2) is 4.39 Å². The van der Waals surface area contributed by atoms with Gasteiger partial charge in [-0.1, -0.05) is 6.07 Å². The van der Waals surface area contributed by atoms with Gasteiger partial charge in [-0.05, 0) is 48.9 Å². The maximum Gasteiger partial charge on any atom is 0.123 e. The molecule has 1 aliphatic heterocycles. The number of nitriles is 1. The van der Waals surface area contributed by atoms with Crippen LogP contribution in [0.3, 0.4) is 0 Å². The van der Waals surface area contributed by atoms with Gasteiger partial charge in [-0.2, -0.15) is 5.26 Å². The summed E-state index contributed by atoms with van der Waals surface area (Å²) in [6, 6.07) is 6.71. The molecule has 19 heavy (non-hydrogen) atoms. The first kappa shape index (κ1) is 12.6. The molecule has 0 spiro atoms. The second kappa shape index (κ2) is 4.29. The lowest BCUT2D eigenvalue weighted by atomic mass is 9.67. The first-order valence-corrected chi connectivity index (χ1v) is 6.62. The van der Waals surface area contributed by atoms with E-state index in [4.69, 9.17) is 4.74 Å². The van der Waals surface area contributed by atoms with Crippen molar-refractivity contribution in [3.8, 4) is 6.07 Å². The Balaban J connectivity index is 2.08. The van der Waals surface area contributed by atoms with Crippen LogP contribution >= 0.6 is 0 Å². The third-order valence-corrected chi connectivity index (χ3v) is 4.52. The molecule has 0 bridgehead atoms. The van der Waals surface area contributed by atoms with Crippen molar-refractivity contribution < 1.29 is 14.2 Å². The van der Waals surface area contributed by atoms with E-state index in [1.807, 2.05) is 0 Å². The first-order chi connectivity index (χ1) is 9.11. The molecule has 2 atom stereocenters. The van der Waals surface area contributed by atoms with Gasteiger partial charge in [0, 0.05) is 6.61 Å². The number of benzene rings is 1. The van der Waals surface area contributed by atoms with Crippen molar-refractivity contribution >= 4 is 0 Å². The number of aryl methyl sites for hydroxylation is 1. The molecule has 2 aliphatic rings. The maximum absolute atomic E-state index is 13.3. The molecule has 2 unspecified atom stereocenters. The number of hydrogen-bond donors (Lipinski definition) is 1. The summed E-state index contributed by atoms with van der Waals surface area (Å²) in [6.45, 7) is 0.882. The molecule has 1 saturated heterocycles. The molecule has 1 aliphatic carbocycles. The van der Waals surface area contributed by atoms with Gasteiger partial charge in [0.2, 0.25) is 0 Å². The fourth-order valence-electron chi connectivity index (χ4n) is 3.42. The number of ether oxygens (including phenoxy) is 1. The van der Waals surface area contributed by atoms with Crippen LogP contribution in [0.25, 0.3) is 0 Å². The lowest BCUT2D eigenvalue weighted by Crippen LogP contribution is -2.48. The van der Waals surface area contributed by atoms with Gasteiger partial charge >= 0.3 is 0 Å². The van der Waals surface area contributed by atoms with Gasteiger partial charge in [0.25, 0.3) is 0 Å². The molecule has 1 heterocycles. The summed E-state index contributed by atoms with van der Waals surface area (Å²) in [5.41, 5.74) is -0.622. The van der Waals surface area contributed by atoms with Gasteiger partial charge in [-0.15, -0.1) is 0 Å². The Hall–Kier alpha value is -1.44. The molecule has 1 N–H and O–H groups in total. The van der Waals surface area contributed by atoms with E-state index in [9.17, 15) is 14.8 Å². The summed E-state index contributed by atoms with van der Waals surface area (Å²) in [4.78, 5) is 0. The number of hydrogen-bond acceptors (Lipinski definition) is 3. The van der Waals surface area contributed by atoms with E-state index in [1.54, 1.807) is 6.07 Å². The predicted molar refractivity (Wildman–Crippen MR) is 66.7 cm³/mol. The molecular formula is C15H16FNO2. The van der Waals surface area contributed by atoms with Gasteiger partial charge < -0.3 is 9.84 Å². The second-order valence-corrected chi connectivity index (χ2v) is 5.51. The zero-order valence-electron chi connectivity index (χ0n) is 10.7. The van der Waals surface area contributed by atoms with Crippen molar-refractivity contribution in [2.75, 3.05) is 13.2 Å². The molecule has 1 aromatic rings. The summed E-state index contributed by atoms with van der Waals surface area (Å²) in [6.07, 6.45) is 2.46. The molecule has 0 amide bonds. The minimum atomic E-state index is -1.22. The van der Waals surface area contributed by atoms with Crippen LogP contribution < -0.4 is 0 Å². The average Bonchev–Trinajstić information content (AvgIpc) is 2.78. The molecule has 0 aromatic heterocycles. The Bertz CT molecular complexity index is 546. The third-order valence-electron chi connectivity index (χ3n) is 4.52. The molecular weight excluding hydrogens is 245 g/mol. The van der Waals surface area contributed by atoms with Crippen LogP contribution in [0.4, 0.5) is 4.39 Å². The Morgan fingerprint density at radius 2 is 2.21 bits per heavy atom. The van der Waals surface area contributed by atoms with Crippen LogP contribution in [0.2, 0.25) is 0 Å². The van der Waals surface area contributed by atoms with Crippen molar-refractivity contribution in [2.45, 2.75) is 31.3 Å². The lowest BCUT2D eigenvalue weighted by molar-refractivity contribution is -0.123. The van der Waals surface area contributed by atoms with E-state index in [0.717, 1.165) is 12.0 Å². The molecule has 0 saturated carbocycles. The van der Waals surface area contributed by atoms with Gasteiger partial charge in [-0.3, -0.25) is 0 Å². The van der Waals surface area contributed by atoms with E-state index >= 15 is 0 Å². The zero-order chi connectivity index (χ0) is 13.5. The maximum atomic E-state index is 13.3. The van der Waals surface area contributed by atoms with Crippen molar-refractivity contribution in [1.82, 2.24) is 0 Å². The highest BCUT2D eigenvalue weighted by Gasteiger charge is 2.55. The largest absolute Gasteiger partial charge is 0.383 e. The second-order valence-electron chi connectivity index (χ2n) is 5.51. The Morgan fingerprint density at radius 1 is 1.37 bits per heavy atom. The van der Waals surface area contributed by atoms with Crippen LogP contribution in [0.5, 0.6) is 0 Å². The molecule has 1 fully saturated rings. The SMILES string of the molecule is N#CC1(C2(O)CCc3cc(F)ccc32)CCCOC1. The predicted octanol–water partition coefficient (Wildman–Crippen LogP) is 2.28. The normalized spacial score (nSPS) is 33.7. The number of nitrogens with zero attached hydrogens (tertiary/aromatic N) is 1. The van der Waals surface area contributed by atoms with Gasteiger partial charge in [0.05, 0.1) is 12.7 Å². The Kier molecular flexibility index (Phi) is 2.84. The minimum Gasteiger partial charge on any atom is -0.383 e.